The van der Waals surface area contributed by atoms with Crippen LogP contribution in [0.4, 0.5) is 5.95 Å². The third-order valence-electron chi connectivity index (χ3n) is 1.58. The molecule has 0 radical (unpaired) electrons. The van der Waals surface area contributed by atoms with Gasteiger partial charge in [0.15, 0.2) is 5.82 Å². The van der Waals surface area contributed by atoms with Crippen LogP contribution < -0.4 is 5.73 Å². The summed E-state index contributed by atoms with van der Waals surface area (Å²) in [5.41, 5.74) is 6.17. The Morgan fingerprint density at radius 1 is 1.14 bits per heavy atom. The molecule has 70 valence electrons. The molecule has 0 bridgehead atoms. The lowest BCUT2D eigenvalue weighted by Gasteiger charge is -1.98. The van der Waals surface area contributed by atoms with Crippen molar-refractivity contribution in [3.63, 3.8) is 0 Å². The number of nitrogens with zero attached hydrogens (tertiary/aromatic N) is 4. The van der Waals surface area contributed by atoms with Gasteiger partial charge < -0.3 is 5.73 Å². The zero-order valence-corrected chi connectivity index (χ0v) is 7.81. The molecule has 0 unspecified atom stereocenters. The first-order valence-electron chi connectivity index (χ1n) is 3.82. The van der Waals surface area contributed by atoms with Crippen LogP contribution in [0, 0.1) is 0 Å². The number of halogens is 1. The van der Waals surface area contributed by atoms with Crippen molar-refractivity contribution in [2.45, 2.75) is 0 Å². The summed E-state index contributed by atoms with van der Waals surface area (Å²) in [5, 5.41) is 0.427. The fraction of sp³-hybridized carbons (Fsp3) is 0. The molecule has 2 rings (SSSR count). The smallest absolute Gasteiger partial charge is 0.223 e. The molecule has 0 saturated heterocycles. The van der Waals surface area contributed by atoms with Crippen molar-refractivity contribution in [3.05, 3.63) is 29.8 Å². The Labute approximate surface area is 85.0 Å². The van der Waals surface area contributed by atoms with Crippen molar-refractivity contribution in [1.29, 1.82) is 0 Å². The number of aromatic nitrogens is 4. The van der Waals surface area contributed by atoms with Crippen molar-refractivity contribution >= 4 is 17.5 Å². The lowest BCUT2D eigenvalue weighted by atomic mass is 10.3. The minimum atomic E-state index is 0.185. The highest BCUT2D eigenvalue weighted by Gasteiger charge is 2.01. The molecule has 0 aliphatic rings. The van der Waals surface area contributed by atoms with E-state index in [2.05, 4.69) is 19.9 Å². The Morgan fingerprint density at radius 2 is 2.00 bits per heavy atom. The number of hydrogen-bond acceptors (Lipinski definition) is 5. The van der Waals surface area contributed by atoms with Gasteiger partial charge in [-0.1, -0.05) is 11.6 Å². The first-order chi connectivity index (χ1) is 6.75. The molecular formula is C8H6ClN5. The van der Waals surface area contributed by atoms with Crippen LogP contribution in [-0.2, 0) is 0 Å². The van der Waals surface area contributed by atoms with Gasteiger partial charge in [0.1, 0.15) is 11.5 Å². The molecule has 0 spiro atoms. The van der Waals surface area contributed by atoms with Crippen LogP contribution in [0.1, 0.15) is 0 Å². The first-order valence-corrected chi connectivity index (χ1v) is 4.20. The lowest BCUT2D eigenvalue weighted by Crippen LogP contribution is -1.98. The van der Waals surface area contributed by atoms with Crippen LogP contribution >= 0.6 is 11.6 Å². The second-order valence-corrected chi connectivity index (χ2v) is 2.92. The highest BCUT2D eigenvalue weighted by atomic mass is 35.5. The Kier molecular flexibility index (Phi) is 2.24. The molecule has 0 fully saturated rings. The molecule has 0 aliphatic heterocycles. The number of anilines is 1. The van der Waals surface area contributed by atoms with Gasteiger partial charge in [-0.3, -0.25) is 0 Å². The number of rotatable bonds is 1. The van der Waals surface area contributed by atoms with E-state index in [4.69, 9.17) is 17.3 Å². The van der Waals surface area contributed by atoms with Gasteiger partial charge in [-0.25, -0.2) is 15.0 Å². The van der Waals surface area contributed by atoms with Crippen LogP contribution in [0.15, 0.2) is 24.7 Å². The molecule has 2 heterocycles. The van der Waals surface area contributed by atoms with E-state index < -0.39 is 0 Å². The first kappa shape index (κ1) is 8.83. The van der Waals surface area contributed by atoms with E-state index in [0.29, 0.717) is 11.0 Å². The number of pyridine rings is 1. The molecule has 2 aromatic heterocycles. The van der Waals surface area contributed by atoms with E-state index in [1.165, 1.54) is 6.33 Å². The highest BCUT2D eigenvalue weighted by molar-refractivity contribution is 6.29. The SMILES string of the molecule is Nc1ncnc(-c2ccc(Cl)nc2)n1. The van der Waals surface area contributed by atoms with Crippen LogP contribution in [0.3, 0.4) is 0 Å². The maximum absolute atomic E-state index is 5.64. The molecule has 2 N–H and O–H groups in total. The Bertz CT molecular complexity index is 442. The third kappa shape index (κ3) is 1.77. The largest absolute Gasteiger partial charge is 0.368 e. The van der Waals surface area contributed by atoms with Crippen LogP contribution in [-0.4, -0.2) is 19.9 Å². The molecule has 0 aromatic carbocycles. The fourth-order valence-electron chi connectivity index (χ4n) is 0.956. The summed E-state index contributed by atoms with van der Waals surface area (Å²) >= 11 is 5.64. The van der Waals surface area contributed by atoms with Gasteiger partial charge >= 0.3 is 0 Å². The molecule has 0 atom stereocenters. The second kappa shape index (κ2) is 3.55. The molecule has 6 heteroatoms. The number of nitrogen functional groups attached to an aromatic ring is 1. The molecular weight excluding hydrogens is 202 g/mol. The van der Waals surface area contributed by atoms with Crippen molar-refractivity contribution in [1.82, 2.24) is 19.9 Å². The molecule has 0 aliphatic carbocycles. The molecule has 5 nitrogen and oxygen atoms in total. The van der Waals surface area contributed by atoms with Gasteiger partial charge in [-0.2, -0.15) is 4.98 Å². The van der Waals surface area contributed by atoms with E-state index in [9.17, 15) is 0 Å². The van der Waals surface area contributed by atoms with Crippen molar-refractivity contribution < 1.29 is 0 Å². The second-order valence-electron chi connectivity index (χ2n) is 2.54. The van der Waals surface area contributed by atoms with E-state index in [1.807, 2.05) is 0 Å². The molecule has 0 saturated carbocycles. The van der Waals surface area contributed by atoms with Gasteiger partial charge in [0.2, 0.25) is 5.95 Å². The third-order valence-corrected chi connectivity index (χ3v) is 1.80. The predicted molar refractivity (Wildman–Crippen MR) is 52.5 cm³/mol. The average molecular weight is 208 g/mol. The maximum Gasteiger partial charge on any atom is 0.223 e. The maximum atomic E-state index is 5.64. The van der Waals surface area contributed by atoms with Crippen LogP contribution in [0.5, 0.6) is 0 Å². The van der Waals surface area contributed by atoms with Gasteiger partial charge in [0.25, 0.3) is 0 Å². The van der Waals surface area contributed by atoms with Gasteiger partial charge in [-0.05, 0) is 12.1 Å². The Balaban J connectivity index is 2.44. The Hall–Kier alpha value is -1.75. The minimum absolute atomic E-state index is 0.185. The van der Waals surface area contributed by atoms with E-state index in [1.54, 1.807) is 18.3 Å². The predicted octanol–water partition coefficient (Wildman–Crippen LogP) is 1.17. The van der Waals surface area contributed by atoms with Crippen LogP contribution in [0.2, 0.25) is 5.15 Å². The molecule has 14 heavy (non-hydrogen) atoms. The summed E-state index contributed by atoms with van der Waals surface area (Å²) in [6.07, 6.45) is 2.93. The normalized spacial score (nSPS) is 10.1. The fourth-order valence-corrected chi connectivity index (χ4v) is 1.07. The summed E-state index contributed by atoms with van der Waals surface area (Å²) in [6, 6.07) is 3.43. The van der Waals surface area contributed by atoms with E-state index >= 15 is 0 Å². The van der Waals surface area contributed by atoms with Gasteiger partial charge in [-0.15, -0.1) is 0 Å². The number of hydrogen-bond donors (Lipinski definition) is 1. The monoisotopic (exact) mass is 207 g/mol. The van der Waals surface area contributed by atoms with Gasteiger partial charge in [0, 0.05) is 11.8 Å². The standard InChI is InChI=1S/C8H6ClN5/c9-6-2-1-5(3-11-6)7-12-4-13-8(10)14-7/h1-4H,(H2,10,12,13,14). The summed E-state index contributed by atoms with van der Waals surface area (Å²) in [4.78, 5) is 15.5. The van der Waals surface area contributed by atoms with Gasteiger partial charge in [0.05, 0.1) is 0 Å². The average Bonchev–Trinajstić information content (AvgIpc) is 2.19. The highest BCUT2D eigenvalue weighted by Crippen LogP contribution is 2.14. The van der Waals surface area contributed by atoms with E-state index in [0.717, 1.165) is 5.56 Å². The van der Waals surface area contributed by atoms with Crippen LogP contribution in [0.25, 0.3) is 11.4 Å². The molecule has 0 amide bonds. The zero-order valence-electron chi connectivity index (χ0n) is 7.05. The molecule has 2 aromatic rings. The summed E-state index contributed by atoms with van der Waals surface area (Å²) < 4.78 is 0. The van der Waals surface area contributed by atoms with Crippen molar-refractivity contribution in [2.24, 2.45) is 0 Å². The minimum Gasteiger partial charge on any atom is -0.368 e. The quantitative estimate of drug-likeness (QED) is 0.711. The zero-order chi connectivity index (χ0) is 9.97. The van der Waals surface area contributed by atoms with Crippen molar-refractivity contribution in [3.8, 4) is 11.4 Å². The lowest BCUT2D eigenvalue weighted by molar-refractivity contribution is 1.07. The van der Waals surface area contributed by atoms with Crippen molar-refractivity contribution in [2.75, 3.05) is 5.73 Å². The summed E-state index contributed by atoms with van der Waals surface area (Å²) in [5.74, 6) is 0.673. The van der Waals surface area contributed by atoms with E-state index in [-0.39, 0.29) is 5.95 Å². The number of nitrogens with two attached hydrogens (primary N) is 1. The topological polar surface area (TPSA) is 77.6 Å². The summed E-state index contributed by atoms with van der Waals surface area (Å²) in [6.45, 7) is 0. The Morgan fingerprint density at radius 3 is 2.64 bits per heavy atom. The summed E-state index contributed by atoms with van der Waals surface area (Å²) in [7, 11) is 0.